The van der Waals surface area contributed by atoms with Crippen molar-refractivity contribution < 1.29 is 13.2 Å². The molecule has 21 heavy (non-hydrogen) atoms. The normalized spacial score (nSPS) is 22.8. The second-order valence-electron chi connectivity index (χ2n) is 5.46. The van der Waals surface area contributed by atoms with Crippen molar-refractivity contribution in [2.24, 2.45) is 0 Å². The summed E-state index contributed by atoms with van der Waals surface area (Å²) in [4.78, 5) is 12.1. The average molecular weight is 309 g/mol. The minimum atomic E-state index is -3.02. The summed E-state index contributed by atoms with van der Waals surface area (Å²) < 4.78 is 23.5. The van der Waals surface area contributed by atoms with Crippen molar-refractivity contribution in [3.05, 3.63) is 23.8 Å². The first-order valence-corrected chi connectivity index (χ1v) is 8.89. The van der Waals surface area contributed by atoms with Crippen LogP contribution in [0.15, 0.2) is 18.2 Å². The monoisotopic (exact) mass is 309 g/mol. The molecule has 2 aliphatic heterocycles. The number of hydrogen-bond acceptors (Lipinski definition) is 5. The topological polar surface area (TPSA) is 87.3 Å². The van der Waals surface area contributed by atoms with Crippen LogP contribution in [0.3, 0.4) is 0 Å². The molecule has 1 unspecified atom stereocenters. The summed E-state index contributed by atoms with van der Waals surface area (Å²) in [6.45, 7) is 1.88. The molecule has 1 aromatic rings. The molecule has 2 aliphatic rings. The van der Waals surface area contributed by atoms with Gasteiger partial charge in [-0.3, -0.25) is 4.79 Å². The van der Waals surface area contributed by atoms with E-state index in [0.29, 0.717) is 18.4 Å². The summed E-state index contributed by atoms with van der Waals surface area (Å²) in [6, 6.07) is 5.40. The van der Waals surface area contributed by atoms with E-state index in [0.717, 1.165) is 24.5 Å². The van der Waals surface area contributed by atoms with Crippen LogP contribution in [-0.4, -0.2) is 45.0 Å². The van der Waals surface area contributed by atoms with Gasteiger partial charge in [-0.1, -0.05) is 0 Å². The zero-order chi connectivity index (χ0) is 14.9. The lowest BCUT2D eigenvalue weighted by atomic mass is 10.1. The van der Waals surface area contributed by atoms with Crippen molar-refractivity contribution in [3.63, 3.8) is 0 Å². The number of rotatable bonds is 3. The largest absolute Gasteiger partial charge is 0.382 e. The molecule has 1 atom stereocenters. The average Bonchev–Trinajstić information content (AvgIpc) is 2.83. The Kier molecular flexibility index (Phi) is 3.75. The van der Waals surface area contributed by atoms with E-state index in [9.17, 15) is 13.2 Å². The maximum Gasteiger partial charge on any atom is 0.251 e. The third kappa shape index (κ3) is 2.97. The molecular weight excluding hydrogens is 290 g/mol. The molecule has 3 rings (SSSR count). The molecule has 0 saturated carbocycles. The van der Waals surface area contributed by atoms with Gasteiger partial charge in [-0.2, -0.15) is 0 Å². The lowest BCUT2D eigenvalue weighted by molar-refractivity contribution is 0.0953. The predicted octanol–water partition coefficient (Wildman–Crippen LogP) is 0.831. The molecular formula is C14H19N3O3S. The summed E-state index contributed by atoms with van der Waals surface area (Å²) in [7, 11) is -3.02. The van der Waals surface area contributed by atoms with Gasteiger partial charge in [-0.15, -0.1) is 0 Å². The van der Waals surface area contributed by atoms with Gasteiger partial charge in [0.1, 0.15) is 0 Å². The van der Waals surface area contributed by atoms with Gasteiger partial charge in [-0.05, 0) is 31.0 Å². The van der Waals surface area contributed by atoms with E-state index in [1.54, 1.807) is 12.1 Å². The third-order valence-corrected chi connectivity index (χ3v) is 6.27. The molecule has 1 fully saturated rings. The van der Waals surface area contributed by atoms with E-state index in [2.05, 4.69) is 16.0 Å². The smallest absolute Gasteiger partial charge is 0.251 e. The van der Waals surface area contributed by atoms with Crippen LogP contribution in [0.25, 0.3) is 0 Å². The molecule has 1 amide bonds. The van der Waals surface area contributed by atoms with Crippen molar-refractivity contribution in [2.45, 2.75) is 18.1 Å². The summed E-state index contributed by atoms with van der Waals surface area (Å²) in [6.07, 6.45) is 1.33. The van der Waals surface area contributed by atoms with Gasteiger partial charge in [-0.25, -0.2) is 8.42 Å². The van der Waals surface area contributed by atoms with Crippen molar-refractivity contribution in [1.82, 2.24) is 5.32 Å². The van der Waals surface area contributed by atoms with E-state index < -0.39 is 15.1 Å². The predicted molar refractivity (Wildman–Crippen MR) is 82.6 cm³/mol. The Balaban J connectivity index is 1.66. The first-order chi connectivity index (χ1) is 10.1. The Morgan fingerprint density at radius 1 is 1.24 bits per heavy atom. The molecule has 6 nitrogen and oxygen atoms in total. The number of benzene rings is 1. The molecule has 2 heterocycles. The minimum Gasteiger partial charge on any atom is -0.382 e. The number of nitrogens with one attached hydrogen (secondary N) is 3. The van der Waals surface area contributed by atoms with Gasteiger partial charge in [0.05, 0.1) is 22.4 Å². The lowest BCUT2D eigenvalue weighted by Gasteiger charge is -2.20. The van der Waals surface area contributed by atoms with Gasteiger partial charge in [0.15, 0.2) is 9.84 Å². The van der Waals surface area contributed by atoms with Gasteiger partial charge in [0.2, 0.25) is 0 Å². The van der Waals surface area contributed by atoms with Crippen molar-refractivity contribution in [2.75, 3.05) is 36.0 Å². The standard InChI is InChI=1S/C14H19N3O3S/c18-14(17-9-11-2-1-7-21(11,19)20)10-3-4-12-13(8-10)16-6-5-15-12/h3-4,8,11,15-16H,1-2,5-7,9H2,(H,17,18). The molecule has 0 aliphatic carbocycles. The number of carbonyl (C=O) groups is 1. The number of hydrogen-bond donors (Lipinski definition) is 3. The van der Waals surface area contributed by atoms with Crippen LogP contribution in [0, 0.1) is 0 Å². The van der Waals surface area contributed by atoms with Crippen molar-refractivity contribution in [3.8, 4) is 0 Å². The van der Waals surface area contributed by atoms with Crippen LogP contribution >= 0.6 is 0 Å². The Morgan fingerprint density at radius 3 is 2.71 bits per heavy atom. The molecule has 7 heteroatoms. The van der Waals surface area contributed by atoms with E-state index in [1.165, 1.54) is 0 Å². The van der Waals surface area contributed by atoms with Crippen molar-refractivity contribution in [1.29, 1.82) is 0 Å². The molecule has 0 bridgehead atoms. The molecule has 0 aromatic heterocycles. The fraction of sp³-hybridized carbons (Fsp3) is 0.500. The number of carbonyl (C=O) groups excluding carboxylic acids is 1. The maximum absolute atomic E-state index is 12.1. The number of fused-ring (bicyclic) bond motifs is 1. The minimum absolute atomic E-state index is 0.198. The van der Waals surface area contributed by atoms with Crippen molar-refractivity contribution >= 4 is 27.1 Å². The molecule has 3 N–H and O–H groups in total. The fourth-order valence-corrected chi connectivity index (χ4v) is 4.54. The summed E-state index contributed by atoms with van der Waals surface area (Å²) >= 11 is 0. The first kappa shape index (κ1) is 14.2. The lowest BCUT2D eigenvalue weighted by Crippen LogP contribution is -2.34. The molecule has 1 saturated heterocycles. The fourth-order valence-electron chi connectivity index (χ4n) is 2.78. The zero-order valence-corrected chi connectivity index (χ0v) is 12.5. The quantitative estimate of drug-likeness (QED) is 0.770. The van der Waals surface area contributed by atoms with Crippen LogP contribution in [0.5, 0.6) is 0 Å². The Labute approximate surface area is 124 Å². The van der Waals surface area contributed by atoms with E-state index >= 15 is 0 Å². The Hall–Kier alpha value is -1.76. The molecule has 0 radical (unpaired) electrons. The van der Waals surface area contributed by atoms with Crippen LogP contribution in [0.4, 0.5) is 11.4 Å². The molecule has 1 aromatic carbocycles. The van der Waals surface area contributed by atoms with E-state index in [1.807, 2.05) is 6.07 Å². The highest BCUT2D eigenvalue weighted by Gasteiger charge is 2.31. The Morgan fingerprint density at radius 2 is 2.00 bits per heavy atom. The highest BCUT2D eigenvalue weighted by molar-refractivity contribution is 7.92. The number of anilines is 2. The second-order valence-corrected chi connectivity index (χ2v) is 7.86. The first-order valence-electron chi connectivity index (χ1n) is 7.18. The molecule has 0 spiro atoms. The van der Waals surface area contributed by atoms with Gasteiger partial charge in [0.25, 0.3) is 5.91 Å². The van der Waals surface area contributed by atoms with E-state index in [-0.39, 0.29) is 18.2 Å². The summed E-state index contributed by atoms with van der Waals surface area (Å²) in [5, 5.41) is 8.78. The number of amides is 1. The van der Waals surface area contributed by atoms with Crippen LogP contribution < -0.4 is 16.0 Å². The number of sulfone groups is 1. The SMILES string of the molecule is O=C(NCC1CCCS1(=O)=O)c1ccc2c(c1)NCCN2. The van der Waals surface area contributed by atoms with Gasteiger partial charge in [0, 0.05) is 25.2 Å². The highest BCUT2D eigenvalue weighted by atomic mass is 32.2. The Bertz CT molecular complexity index is 657. The zero-order valence-electron chi connectivity index (χ0n) is 11.7. The highest BCUT2D eigenvalue weighted by Crippen LogP contribution is 2.25. The molecule has 114 valence electrons. The summed E-state index contributed by atoms with van der Waals surface area (Å²) in [5.41, 5.74) is 2.43. The van der Waals surface area contributed by atoms with Crippen LogP contribution in [-0.2, 0) is 9.84 Å². The van der Waals surface area contributed by atoms with E-state index in [4.69, 9.17) is 0 Å². The maximum atomic E-state index is 12.1. The van der Waals surface area contributed by atoms with Crippen LogP contribution in [0.1, 0.15) is 23.2 Å². The second kappa shape index (κ2) is 5.55. The van der Waals surface area contributed by atoms with Crippen LogP contribution in [0.2, 0.25) is 0 Å². The summed E-state index contributed by atoms with van der Waals surface area (Å²) in [5.74, 6) is 0.00869. The van der Waals surface area contributed by atoms with Gasteiger partial charge >= 0.3 is 0 Å². The third-order valence-electron chi connectivity index (χ3n) is 3.99. The van der Waals surface area contributed by atoms with Gasteiger partial charge < -0.3 is 16.0 Å².